The molecule has 1 aromatic carbocycles. The molecule has 1 saturated heterocycles. The maximum atomic E-state index is 13.4. The monoisotopic (exact) mass is 332 g/mol. The summed E-state index contributed by atoms with van der Waals surface area (Å²) in [4.78, 5) is 27.0. The highest BCUT2D eigenvalue weighted by molar-refractivity contribution is 5.95. The number of amides is 1. The van der Waals surface area contributed by atoms with Crippen molar-refractivity contribution in [1.82, 2.24) is 20.0 Å². The normalized spacial score (nSPS) is 15.6. The van der Waals surface area contributed by atoms with Gasteiger partial charge in [0, 0.05) is 20.1 Å². The number of piperidine rings is 1. The Balaban J connectivity index is 1.74. The zero-order valence-electron chi connectivity index (χ0n) is 13.7. The number of halogens is 1. The number of hydrogen-bond acceptors (Lipinski definition) is 4. The number of nitrogens with one attached hydrogen (secondary N) is 1. The summed E-state index contributed by atoms with van der Waals surface area (Å²) in [5.74, 6) is -1.03. The Morgan fingerprint density at radius 2 is 2.04 bits per heavy atom. The molecular formula is C17H21FN4O2. The average molecular weight is 332 g/mol. The van der Waals surface area contributed by atoms with Gasteiger partial charge in [-0.05, 0) is 44.1 Å². The maximum absolute atomic E-state index is 13.4. The third kappa shape index (κ3) is 3.46. The minimum atomic E-state index is -0.543. The number of hydrogen-bond donors (Lipinski definition) is 1. The lowest BCUT2D eigenvalue weighted by atomic mass is 10.1. The predicted octanol–water partition coefficient (Wildman–Crippen LogP) is 1.29. The zero-order valence-corrected chi connectivity index (χ0v) is 13.7. The largest absolute Gasteiger partial charge is 0.349 e. The van der Waals surface area contributed by atoms with Crippen LogP contribution in [0.25, 0.3) is 10.9 Å². The molecule has 1 aliphatic heterocycles. The Bertz CT molecular complexity index is 812. The van der Waals surface area contributed by atoms with E-state index >= 15 is 0 Å². The van der Waals surface area contributed by atoms with Gasteiger partial charge in [-0.15, -0.1) is 0 Å². The quantitative estimate of drug-likeness (QED) is 0.916. The summed E-state index contributed by atoms with van der Waals surface area (Å²) in [5, 5.41) is 6.96. The molecule has 0 unspecified atom stereocenters. The molecule has 3 rings (SSSR count). The summed E-state index contributed by atoms with van der Waals surface area (Å²) in [7, 11) is 1.63. The van der Waals surface area contributed by atoms with Gasteiger partial charge in [-0.3, -0.25) is 14.3 Å². The number of carbonyl (C=O) groups excluding carboxylic acids is 1. The number of nitrogens with zero attached hydrogens (tertiary/aromatic N) is 3. The molecule has 0 bridgehead atoms. The third-order valence-electron chi connectivity index (χ3n) is 4.39. The number of aryl methyl sites for hydroxylation is 1. The Morgan fingerprint density at radius 1 is 1.29 bits per heavy atom. The van der Waals surface area contributed by atoms with Crippen molar-refractivity contribution >= 4 is 16.8 Å². The minimum Gasteiger partial charge on any atom is -0.349 e. The summed E-state index contributed by atoms with van der Waals surface area (Å²) >= 11 is 0. The number of likely N-dealkylation sites (tertiary alicyclic amines) is 1. The highest BCUT2D eigenvalue weighted by Gasteiger charge is 2.17. The van der Waals surface area contributed by atoms with E-state index in [1.54, 1.807) is 7.05 Å². The van der Waals surface area contributed by atoms with Gasteiger partial charge in [-0.2, -0.15) is 5.10 Å². The first-order valence-electron chi connectivity index (χ1n) is 8.23. The van der Waals surface area contributed by atoms with Crippen molar-refractivity contribution in [3.05, 3.63) is 39.9 Å². The van der Waals surface area contributed by atoms with Gasteiger partial charge in [-0.1, -0.05) is 6.42 Å². The van der Waals surface area contributed by atoms with E-state index in [0.29, 0.717) is 12.1 Å². The highest BCUT2D eigenvalue weighted by Crippen LogP contribution is 2.11. The Morgan fingerprint density at radius 3 is 2.79 bits per heavy atom. The molecule has 1 aliphatic rings. The van der Waals surface area contributed by atoms with Crippen molar-refractivity contribution in [1.29, 1.82) is 0 Å². The van der Waals surface area contributed by atoms with Gasteiger partial charge in [-0.25, -0.2) is 4.39 Å². The van der Waals surface area contributed by atoms with E-state index in [1.165, 1.54) is 36.1 Å². The molecule has 24 heavy (non-hydrogen) atoms. The van der Waals surface area contributed by atoms with Crippen LogP contribution in [0, 0.1) is 5.82 Å². The summed E-state index contributed by atoms with van der Waals surface area (Å²) < 4.78 is 14.8. The van der Waals surface area contributed by atoms with Crippen molar-refractivity contribution in [3.8, 4) is 0 Å². The van der Waals surface area contributed by atoms with Crippen molar-refractivity contribution < 1.29 is 9.18 Å². The fraction of sp³-hybridized carbons (Fsp3) is 0.471. The van der Waals surface area contributed by atoms with Crippen LogP contribution >= 0.6 is 0 Å². The van der Waals surface area contributed by atoms with Gasteiger partial charge in [0.1, 0.15) is 5.82 Å². The molecule has 0 aliphatic carbocycles. The number of fused-ring (bicyclic) bond motifs is 1. The van der Waals surface area contributed by atoms with Crippen LogP contribution in [0.3, 0.4) is 0 Å². The van der Waals surface area contributed by atoms with Gasteiger partial charge in [0.15, 0.2) is 5.69 Å². The fourth-order valence-corrected chi connectivity index (χ4v) is 3.09. The molecule has 7 heteroatoms. The molecule has 2 heterocycles. The number of aromatic nitrogens is 2. The van der Waals surface area contributed by atoms with Gasteiger partial charge < -0.3 is 10.2 Å². The van der Waals surface area contributed by atoms with Gasteiger partial charge >= 0.3 is 0 Å². The Kier molecular flexibility index (Phi) is 4.89. The second-order valence-corrected chi connectivity index (χ2v) is 6.12. The number of rotatable bonds is 4. The molecule has 0 saturated carbocycles. The zero-order chi connectivity index (χ0) is 17.1. The molecule has 0 atom stereocenters. The lowest BCUT2D eigenvalue weighted by Gasteiger charge is -2.26. The van der Waals surface area contributed by atoms with Crippen LogP contribution < -0.4 is 10.7 Å². The standard InChI is InChI=1S/C17H21FN4O2/c1-21-14-6-5-12(18)11-13(14)16(23)15(20-21)17(24)19-7-10-22-8-3-2-4-9-22/h5-6,11H,2-4,7-10H2,1H3,(H,19,24). The van der Waals surface area contributed by atoms with Crippen molar-refractivity contribution in [2.45, 2.75) is 19.3 Å². The Labute approximate surface area is 139 Å². The van der Waals surface area contributed by atoms with Crippen LogP contribution in [0.1, 0.15) is 29.8 Å². The molecule has 1 fully saturated rings. The number of benzene rings is 1. The van der Waals surface area contributed by atoms with Crippen LogP contribution in [0.5, 0.6) is 0 Å². The molecule has 1 N–H and O–H groups in total. The van der Waals surface area contributed by atoms with E-state index in [1.807, 2.05) is 0 Å². The molecule has 0 radical (unpaired) electrons. The second-order valence-electron chi connectivity index (χ2n) is 6.12. The smallest absolute Gasteiger partial charge is 0.275 e. The molecule has 0 spiro atoms. The van der Waals surface area contributed by atoms with Gasteiger partial charge in [0.2, 0.25) is 5.43 Å². The summed E-state index contributed by atoms with van der Waals surface area (Å²) in [6, 6.07) is 3.89. The van der Waals surface area contributed by atoms with E-state index < -0.39 is 17.2 Å². The van der Waals surface area contributed by atoms with E-state index in [4.69, 9.17) is 0 Å². The SMILES string of the molecule is Cn1nc(C(=O)NCCN2CCCCC2)c(=O)c2cc(F)ccc21. The molecule has 2 aromatic rings. The first-order chi connectivity index (χ1) is 11.6. The summed E-state index contributed by atoms with van der Waals surface area (Å²) in [5.41, 5.74) is -0.251. The van der Waals surface area contributed by atoms with Crippen molar-refractivity contribution in [3.63, 3.8) is 0 Å². The Hall–Kier alpha value is -2.28. The van der Waals surface area contributed by atoms with E-state index in [0.717, 1.165) is 25.7 Å². The van der Waals surface area contributed by atoms with Crippen LogP contribution in [0.15, 0.2) is 23.0 Å². The van der Waals surface area contributed by atoms with Crippen LogP contribution in [-0.4, -0.2) is 46.8 Å². The fourth-order valence-electron chi connectivity index (χ4n) is 3.09. The van der Waals surface area contributed by atoms with Gasteiger partial charge in [0.25, 0.3) is 5.91 Å². The van der Waals surface area contributed by atoms with Gasteiger partial charge in [0.05, 0.1) is 10.9 Å². The summed E-state index contributed by atoms with van der Waals surface area (Å²) in [6.45, 7) is 3.31. The minimum absolute atomic E-state index is 0.161. The third-order valence-corrected chi connectivity index (χ3v) is 4.39. The van der Waals surface area contributed by atoms with Crippen LogP contribution in [-0.2, 0) is 7.05 Å². The average Bonchev–Trinajstić information content (AvgIpc) is 2.58. The second kappa shape index (κ2) is 7.09. The first kappa shape index (κ1) is 16.6. The van der Waals surface area contributed by atoms with E-state index in [2.05, 4.69) is 15.3 Å². The number of carbonyl (C=O) groups is 1. The lowest BCUT2D eigenvalue weighted by molar-refractivity contribution is 0.0938. The molecule has 6 nitrogen and oxygen atoms in total. The van der Waals surface area contributed by atoms with E-state index in [9.17, 15) is 14.0 Å². The van der Waals surface area contributed by atoms with Crippen LogP contribution in [0.2, 0.25) is 0 Å². The van der Waals surface area contributed by atoms with E-state index in [-0.39, 0.29) is 11.1 Å². The first-order valence-corrected chi connectivity index (χ1v) is 8.23. The van der Waals surface area contributed by atoms with Crippen molar-refractivity contribution in [2.75, 3.05) is 26.2 Å². The maximum Gasteiger partial charge on any atom is 0.275 e. The van der Waals surface area contributed by atoms with Crippen molar-refractivity contribution in [2.24, 2.45) is 7.05 Å². The topological polar surface area (TPSA) is 67.2 Å². The lowest BCUT2D eigenvalue weighted by Crippen LogP contribution is -2.39. The highest BCUT2D eigenvalue weighted by atomic mass is 19.1. The molecule has 1 amide bonds. The molecule has 128 valence electrons. The molecular weight excluding hydrogens is 311 g/mol. The summed E-state index contributed by atoms with van der Waals surface area (Å²) in [6.07, 6.45) is 3.63. The predicted molar refractivity (Wildman–Crippen MR) is 89.6 cm³/mol. The molecule has 1 aromatic heterocycles. The van der Waals surface area contributed by atoms with Crippen LogP contribution in [0.4, 0.5) is 4.39 Å².